The molecule has 6 rings (SSSR count). The molecule has 0 amide bonds. The summed E-state index contributed by atoms with van der Waals surface area (Å²) in [5.74, 6) is -3.55. The molecule has 13 nitrogen and oxygen atoms in total. The second-order valence-corrected chi connectivity index (χ2v) is 11.1. The number of rotatable bonds is 7. The van der Waals surface area contributed by atoms with E-state index in [9.17, 15) is 34.8 Å². The molecule has 0 unspecified atom stereocenters. The molecule has 2 saturated heterocycles. The van der Waals surface area contributed by atoms with Crippen molar-refractivity contribution in [2.75, 3.05) is 40.1 Å². The molecule has 2 heterocycles. The number of hydrogen-bond donors (Lipinski definition) is 5. The quantitative estimate of drug-likeness (QED) is 0.184. The molecule has 4 aliphatic rings. The predicted octanol–water partition coefficient (Wildman–Crippen LogP) is 0.895. The number of aliphatic hydroxyl groups excluding tert-OH is 1. The molecule has 0 radical (unpaired) electrons. The van der Waals surface area contributed by atoms with Gasteiger partial charge in [0.15, 0.2) is 17.9 Å². The lowest BCUT2D eigenvalue weighted by Gasteiger charge is -2.40. The number of phenols is 2. The lowest BCUT2D eigenvalue weighted by atomic mass is 9.72. The van der Waals surface area contributed by atoms with Gasteiger partial charge in [-0.1, -0.05) is 12.1 Å². The zero-order valence-electron chi connectivity index (χ0n) is 24.6. The predicted molar refractivity (Wildman–Crippen MR) is 155 cm³/mol. The molecule has 0 saturated carbocycles. The Morgan fingerprint density at radius 2 is 1.82 bits per heavy atom. The molecule has 2 aromatic carbocycles. The summed E-state index contributed by atoms with van der Waals surface area (Å²) in [5.41, 5.74) is -3.33. The fourth-order valence-electron chi connectivity index (χ4n) is 6.36. The maximum absolute atomic E-state index is 13.7. The molecule has 45 heavy (non-hydrogen) atoms. The number of methoxy groups -OCH3 is 1. The van der Waals surface area contributed by atoms with Gasteiger partial charge in [-0.25, -0.2) is 0 Å². The van der Waals surface area contributed by atoms with Crippen LogP contribution in [0.3, 0.4) is 0 Å². The molecule has 2 aromatic rings. The number of carbonyl (C=O) groups excluding carboxylic acids is 3. The van der Waals surface area contributed by atoms with E-state index >= 15 is 0 Å². The monoisotopic (exact) mass is 625 g/mol. The number of morpholine rings is 1. The first-order valence-electron chi connectivity index (χ1n) is 14.5. The average Bonchev–Trinajstić information content (AvgIpc) is 3.06. The standard InChI is InChI=1S/C30H33NO12.C2H2/c1-39-17-4-2-3-15-22(17)28(36)25-24(26(15)34)27(35)16-9-30(38,19(33)11-32)10-18(23(16)29(25)37)43-21-6-5-14(12-41-21)42-20-13-40-8-7-31-20;1-2/h2-4,14,18,20-21,31-32,35,37-38H,5-13H2,1H3;1-2H/t14-,18-,20+,21-,30-;/m0./s1. The van der Waals surface area contributed by atoms with Crippen molar-refractivity contribution in [2.24, 2.45) is 0 Å². The van der Waals surface area contributed by atoms with Gasteiger partial charge in [0.1, 0.15) is 35.7 Å². The van der Waals surface area contributed by atoms with E-state index in [1.54, 1.807) is 0 Å². The van der Waals surface area contributed by atoms with Gasteiger partial charge in [-0.05, 0) is 12.5 Å². The van der Waals surface area contributed by atoms with Crippen LogP contribution in [0, 0.1) is 12.8 Å². The minimum atomic E-state index is -2.19. The van der Waals surface area contributed by atoms with E-state index in [0.717, 1.165) is 0 Å². The van der Waals surface area contributed by atoms with Crippen molar-refractivity contribution >= 4 is 17.3 Å². The van der Waals surface area contributed by atoms with Gasteiger partial charge in [0.25, 0.3) is 0 Å². The van der Waals surface area contributed by atoms with Gasteiger partial charge < -0.3 is 44.1 Å². The van der Waals surface area contributed by atoms with Crippen molar-refractivity contribution in [1.29, 1.82) is 0 Å². The number of phenolic OH excluding ortho intramolecular Hbond substituents is 2. The summed E-state index contributed by atoms with van der Waals surface area (Å²) in [7, 11) is 1.34. The molecule has 13 heteroatoms. The fraction of sp³-hybridized carbons (Fsp3) is 0.469. The van der Waals surface area contributed by atoms with E-state index in [-0.39, 0.29) is 46.9 Å². The van der Waals surface area contributed by atoms with E-state index in [1.165, 1.54) is 25.3 Å². The minimum absolute atomic E-state index is 0.0285. The topological polar surface area (TPSA) is 190 Å². The summed E-state index contributed by atoms with van der Waals surface area (Å²) in [6.07, 6.45) is 5.36. The Morgan fingerprint density at radius 3 is 2.47 bits per heavy atom. The molecule has 0 bridgehead atoms. The van der Waals surface area contributed by atoms with E-state index < -0.39 is 77.4 Å². The highest BCUT2D eigenvalue weighted by atomic mass is 16.7. The lowest BCUT2D eigenvalue weighted by Crippen LogP contribution is -2.48. The Balaban J connectivity index is 0.00000196. The zero-order valence-corrected chi connectivity index (χ0v) is 24.6. The number of ether oxygens (including phenoxy) is 5. The number of benzene rings is 2. The number of Topliss-reactive ketones (excluding diaryl/α,β-unsaturated/α-hetero) is 1. The average molecular weight is 626 g/mol. The van der Waals surface area contributed by atoms with Crippen molar-refractivity contribution in [2.45, 2.75) is 56.0 Å². The Labute approximate surface area is 259 Å². The van der Waals surface area contributed by atoms with Gasteiger partial charge in [0.2, 0.25) is 5.78 Å². The van der Waals surface area contributed by atoms with Crippen LogP contribution in [0.15, 0.2) is 18.2 Å². The van der Waals surface area contributed by atoms with Crippen molar-refractivity contribution in [3.05, 3.63) is 51.6 Å². The van der Waals surface area contributed by atoms with Gasteiger partial charge in [0.05, 0.1) is 55.8 Å². The third-order valence-electron chi connectivity index (χ3n) is 8.49. The molecule has 0 aromatic heterocycles. The number of terminal acetylenes is 1. The molecule has 240 valence electrons. The summed E-state index contributed by atoms with van der Waals surface area (Å²) in [4.78, 5) is 40.0. The normalized spacial score (nSPS) is 27.3. The fourth-order valence-corrected chi connectivity index (χ4v) is 6.36. The van der Waals surface area contributed by atoms with Crippen molar-refractivity contribution in [1.82, 2.24) is 5.32 Å². The number of nitrogens with one attached hydrogen (secondary N) is 1. The molecular weight excluding hydrogens is 590 g/mol. The number of fused-ring (bicyclic) bond motifs is 3. The first-order chi connectivity index (χ1) is 21.7. The van der Waals surface area contributed by atoms with E-state index in [2.05, 4.69) is 18.2 Å². The maximum Gasteiger partial charge on any atom is 0.202 e. The summed E-state index contributed by atoms with van der Waals surface area (Å²) >= 11 is 0. The molecule has 2 aliphatic heterocycles. The SMILES string of the molecule is C#C.COc1cccc2c1C(=O)c1c(O)c3c(c(O)c1C2=O)C[C@@](O)(C(=O)CO)C[C@@H]3O[C@H]1CC[C@H](O[C@@H]2COCCN2)CO1. The Bertz CT molecular complexity index is 1510. The second kappa shape index (κ2) is 13.2. The van der Waals surface area contributed by atoms with Gasteiger partial charge in [-0.2, -0.15) is 0 Å². The molecular formula is C32H35NO12. The van der Waals surface area contributed by atoms with Gasteiger partial charge >= 0.3 is 0 Å². The second-order valence-electron chi connectivity index (χ2n) is 11.1. The molecule has 5 N–H and O–H groups in total. The van der Waals surface area contributed by atoms with Crippen LogP contribution in [-0.4, -0.2) is 102 Å². The van der Waals surface area contributed by atoms with Crippen molar-refractivity contribution < 1.29 is 58.5 Å². The largest absolute Gasteiger partial charge is 0.507 e. The Kier molecular flexibility index (Phi) is 9.57. The maximum atomic E-state index is 13.7. The lowest BCUT2D eigenvalue weighted by molar-refractivity contribution is -0.233. The van der Waals surface area contributed by atoms with E-state index in [4.69, 9.17) is 23.7 Å². The smallest absolute Gasteiger partial charge is 0.202 e. The summed E-state index contributed by atoms with van der Waals surface area (Å²) in [6, 6.07) is 4.43. The minimum Gasteiger partial charge on any atom is -0.507 e. The number of carbonyl (C=O) groups is 3. The number of ketones is 3. The summed E-state index contributed by atoms with van der Waals surface area (Å²) in [5, 5.41) is 47.2. The van der Waals surface area contributed by atoms with Gasteiger partial charge in [-0.3, -0.25) is 19.7 Å². The molecule has 2 fully saturated rings. The van der Waals surface area contributed by atoms with Crippen LogP contribution in [0.2, 0.25) is 0 Å². The third kappa shape index (κ3) is 5.82. The Hall–Kier alpha value is -3.87. The molecule has 0 spiro atoms. The first-order valence-corrected chi connectivity index (χ1v) is 14.5. The third-order valence-corrected chi connectivity index (χ3v) is 8.49. The summed E-state index contributed by atoms with van der Waals surface area (Å²) in [6.45, 7) is 0.882. The van der Waals surface area contributed by atoms with Crippen LogP contribution in [-0.2, 0) is 30.2 Å². The van der Waals surface area contributed by atoms with Crippen LogP contribution >= 0.6 is 0 Å². The van der Waals surface area contributed by atoms with E-state index in [1.807, 2.05) is 0 Å². The van der Waals surface area contributed by atoms with Crippen molar-refractivity contribution in [3.63, 3.8) is 0 Å². The molecule has 2 aliphatic carbocycles. The Morgan fingerprint density at radius 1 is 1.07 bits per heavy atom. The molecule has 5 atom stereocenters. The number of aromatic hydroxyl groups is 2. The number of aliphatic hydroxyl groups is 2. The highest BCUT2D eigenvalue weighted by molar-refractivity contribution is 6.31. The highest BCUT2D eigenvalue weighted by Gasteiger charge is 2.49. The van der Waals surface area contributed by atoms with Crippen LogP contribution in [0.25, 0.3) is 0 Å². The van der Waals surface area contributed by atoms with Crippen LogP contribution in [0.5, 0.6) is 17.2 Å². The summed E-state index contributed by atoms with van der Waals surface area (Å²) < 4.78 is 28.8. The van der Waals surface area contributed by atoms with Gasteiger partial charge in [0, 0.05) is 42.5 Å². The van der Waals surface area contributed by atoms with Crippen LogP contribution in [0.1, 0.15) is 68.3 Å². The highest BCUT2D eigenvalue weighted by Crippen LogP contribution is 2.52. The first kappa shape index (κ1) is 32.5. The van der Waals surface area contributed by atoms with Crippen LogP contribution < -0.4 is 10.1 Å². The zero-order chi connectivity index (χ0) is 32.5. The van der Waals surface area contributed by atoms with Gasteiger partial charge in [-0.15, -0.1) is 12.8 Å². The number of hydrogen-bond acceptors (Lipinski definition) is 13. The van der Waals surface area contributed by atoms with Crippen molar-refractivity contribution in [3.8, 4) is 30.1 Å². The van der Waals surface area contributed by atoms with E-state index in [0.29, 0.717) is 32.6 Å². The van der Waals surface area contributed by atoms with Crippen LogP contribution in [0.4, 0.5) is 0 Å².